The van der Waals surface area contributed by atoms with Crippen molar-refractivity contribution >= 4 is 81.9 Å². The molecule has 3 N–H and O–H groups in total. The molecule has 1 saturated heterocycles. The van der Waals surface area contributed by atoms with Crippen LogP contribution in [0.5, 0.6) is 11.5 Å². The Morgan fingerprint density at radius 1 is 1.12 bits per heavy atom. The number of ether oxygens (including phenoxy) is 1. The number of carbonyl (C=O) groups excluding carboxylic acids is 4. The van der Waals surface area contributed by atoms with Crippen LogP contribution in [0, 0.1) is 0 Å². The van der Waals surface area contributed by atoms with Crippen molar-refractivity contribution in [3.63, 3.8) is 0 Å². The quantitative estimate of drug-likeness (QED) is 0.0747. The molecule has 1 aliphatic heterocycles. The van der Waals surface area contributed by atoms with E-state index in [-0.39, 0.29) is 45.1 Å². The van der Waals surface area contributed by atoms with Gasteiger partial charge in [0.25, 0.3) is 0 Å². The summed E-state index contributed by atoms with van der Waals surface area (Å²) in [5, 5.41) is 25.7. The smallest absolute Gasteiger partial charge is 0.329 e. The number of hydrogen-bond donors (Lipinski definition) is 3. The van der Waals surface area contributed by atoms with Crippen LogP contribution >= 0.6 is 58.5 Å². The zero-order valence-corrected chi connectivity index (χ0v) is 30.9. The highest BCUT2D eigenvalue weighted by molar-refractivity contribution is 8.17. The number of unbranched alkanes of at least 4 members (excludes halogenated alkanes) is 1. The summed E-state index contributed by atoms with van der Waals surface area (Å²) in [6.07, 6.45) is 8.24. The minimum atomic E-state index is -0.963. The number of halogens is 2. The van der Waals surface area contributed by atoms with E-state index >= 15 is 0 Å². The standard InChI is InChI=1S/C35H39Cl2NO7S3/c1-19(2)11-14-28(22-17-27(41)30-25(39)12-13-26(40)31(30)33(22)43)47-18-24(34(44)45-3)38-29(42)10-5-4-7-20-15-16-46-35(48-20)21-8-6-9-23(36)32(21)37/h6,8-9,11-13,17,20,24,28,35,41,43H,4-5,7,10,14-16,18H2,1-3H3,(H,38,42)/t20-,24+,28-,35?/m1/s1. The molecule has 0 aromatic heterocycles. The summed E-state index contributed by atoms with van der Waals surface area (Å²) in [4.78, 5) is 50.7. The fourth-order valence-corrected chi connectivity index (χ4v) is 10.7. The number of nitrogens with one attached hydrogen (secondary N) is 1. The van der Waals surface area contributed by atoms with E-state index in [1.54, 1.807) is 6.07 Å². The SMILES string of the molecule is COC(=O)[C@H](CS[C@H](CC=C(C)C)c1cc(O)c2c(c1O)C(=O)C=CC2=O)NC(=O)CCCC[C@@H]1CCSC(c2cccc(Cl)c2Cl)S1. The van der Waals surface area contributed by atoms with Crippen LogP contribution in [0.25, 0.3) is 0 Å². The number of carbonyl (C=O) groups is 4. The van der Waals surface area contributed by atoms with Crippen LogP contribution in [0.3, 0.4) is 0 Å². The van der Waals surface area contributed by atoms with Gasteiger partial charge in [-0.25, -0.2) is 4.79 Å². The second kappa shape index (κ2) is 17.9. The number of fused-ring (bicyclic) bond motifs is 1. The molecule has 258 valence electrons. The molecule has 4 atom stereocenters. The lowest BCUT2D eigenvalue weighted by molar-refractivity contribution is -0.144. The number of phenolic OH excluding ortho intramolecular Hbond substituents is 2. The highest BCUT2D eigenvalue weighted by Gasteiger charge is 2.32. The first-order valence-electron chi connectivity index (χ1n) is 15.6. The number of methoxy groups -OCH3 is 1. The Hall–Kier alpha value is -2.57. The topological polar surface area (TPSA) is 130 Å². The fourth-order valence-electron chi connectivity index (χ4n) is 5.47. The highest BCUT2D eigenvalue weighted by Crippen LogP contribution is 2.51. The number of aromatic hydroxyl groups is 2. The molecule has 2 aliphatic rings. The number of benzene rings is 2. The average molecular weight is 753 g/mol. The van der Waals surface area contributed by atoms with Crippen LogP contribution in [-0.2, 0) is 14.3 Å². The largest absolute Gasteiger partial charge is 0.507 e. The lowest BCUT2D eigenvalue weighted by Gasteiger charge is -2.29. The fraction of sp³-hybridized carbons (Fsp3) is 0.429. The molecule has 2 aromatic carbocycles. The van der Waals surface area contributed by atoms with E-state index in [0.29, 0.717) is 28.1 Å². The number of amides is 1. The van der Waals surface area contributed by atoms with Gasteiger partial charge in [-0.3, -0.25) is 14.4 Å². The normalized spacial score (nSPS) is 18.5. The number of allylic oxidation sites excluding steroid dienone is 4. The molecule has 2 aromatic rings. The van der Waals surface area contributed by atoms with E-state index in [9.17, 15) is 29.4 Å². The summed E-state index contributed by atoms with van der Waals surface area (Å²) < 4.78 is 5.19. The van der Waals surface area contributed by atoms with E-state index in [2.05, 4.69) is 5.32 Å². The van der Waals surface area contributed by atoms with E-state index in [0.717, 1.165) is 48.3 Å². The van der Waals surface area contributed by atoms with Crippen molar-refractivity contribution in [2.75, 3.05) is 18.6 Å². The number of ketones is 2. The summed E-state index contributed by atoms with van der Waals surface area (Å²) in [6.45, 7) is 3.82. The van der Waals surface area contributed by atoms with Crippen molar-refractivity contribution < 1.29 is 34.1 Å². The number of thioether (sulfide) groups is 3. The first-order chi connectivity index (χ1) is 22.9. The lowest BCUT2D eigenvalue weighted by atomic mass is 9.89. The van der Waals surface area contributed by atoms with E-state index in [4.69, 9.17) is 27.9 Å². The maximum Gasteiger partial charge on any atom is 0.329 e. The van der Waals surface area contributed by atoms with Crippen LogP contribution < -0.4 is 5.32 Å². The van der Waals surface area contributed by atoms with Gasteiger partial charge >= 0.3 is 5.97 Å². The molecule has 1 amide bonds. The predicted octanol–water partition coefficient (Wildman–Crippen LogP) is 8.63. The summed E-state index contributed by atoms with van der Waals surface area (Å²) in [6, 6.07) is 6.05. The number of rotatable bonds is 14. The molecule has 8 nitrogen and oxygen atoms in total. The van der Waals surface area contributed by atoms with E-state index in [1.165, 1.54) is 24.9 Å². The van der Waals surface area contributed by atoms with Gasteiger partial charge in [0.05, 0.1) is 32.9 Å². The first-order valence-corrected chi connectivity index (χ1v) is 19.4. The molecule has 1 aliphatic carbocycles. The van der Waals surface area contributed by atoms with Gasteiger partial charge < -0.3 is 20.3 Å². The molecule has 13 heteroatoms. The van der Waals surface area contributed by atoms with Gasteiger partial charge in [0.15, 0.2) is 11.6 Å². The average Bonchev–Trinajstić information content (AvgIpc) is 3.06. The zero-order valence-electron chi connectivity index (χ0n) is 26.9. The summed E-state index contributed by atoms with van der Waals surface area (Å²) in [5.74, 6) is -1.71. The Kier molecular flexibility index (Phi) is 14.3. The Bertz CT molecular complexity index is 1610. The number of esters is 1. The van der Waals surface area contributed by atoms with Gasteiger partial charge in [0.1, 0.15) is 17.5 Å². The third-order valence-electron chi connectivity index (χ3n) is 8.00. The Balaban J connectivity index is 1.35. The molecule has 0 radical (unpaired) electrons. The second-order valence-corrected chi connectivity index (χ2v) is 16.7. The summed E-state index contributed by atoms with van der Waals surface area (Å²) >= 11 is 17.7. The van der Waals surface area contributed by atoms with Crippen LogP contribution in [0.1, 0.15) is 94.0 Å². The molecule has 48 heavy (non-hydrogen) atoms. The predicted molar refractivity (Wildman–Crippen MR) is 197 cm³/mol. The van der Waals surface area contributed by atoms with Gasteiger partial charge in [-0.1, -0.05) is 53.4 Å². The summed E-state index contributed by atoms with van der Waals surface area (Å²) in [7, 11) is 1.25. The van der Waals surface area contributed by atoms with Gasteiger partial charge in [-0.2, -0.15) is 11.8 Å². The van der Waals surface area contributed by atoms with Crippen LogP contribution in [0.15, 0.2) is 48.1 Å². The third-order valence-corrected chi connectivity index (χ3v) is 13.3. The molecule has 1 heterocycles. The second-order valence-electron chi connectivity index (χ2n) is 11.8. The van der Waals surface area contributed by atoms with Gasteiger partial charge in [0, 0.05) is 28.2 Å². The number of hydrogen-bond acceptors (Lipinski definition) is 10. The van der Waals surface area contributed by atoms with Crippen molar-refractivity contribution in [1.29, 1.82) is 0 Å². The Morgan fingerprint density at radius 2 is 1.85 bits per heavy atom. The molecule has 0 saturated carbocycles. The van der Waals surface area contributed by atoms with Crippen molar-refractivity contribution in [2.45, 2.75) is 73.5 Å². The zero-order chi connectivity index (χ0) is 35.0. The van der Waals surface area contributed by atoms with Crippen molar-refractivity contribution in [3.05, 3.63) is 80.4 Å². The molecular weight excluding hydrogens is 713 g/mol. The van der Waals surface area contributed by atoms with E-state index < -0.39 is 34.6 Å². The van der Waals surface area contributed by atoms with Crippen molar-refractivity contribution in [3.8, 4) is 11.5 Å². The van der Waals surface area contributed by atoms with Gasteiger partial charge in [-0.05, 0) is 75.1 Å². The maximum atomic E-state index is 13.0. The monoisotopic (exact) mass is 751 g/mol. The molecule has 4 rings (SSSR count). The van der Waals surface area contributed by atoms with Crippen LogP contribution in [0.4, 0.5) is 0 Å². The van der Waals surface area contributed by atoms with Crippen molar-refractivity contribution in [2.24, 2.45) is 0 Å². The summed E-state index contributed by atoms with van der Waals surface area (Å²) in [5.41, 5.74) is 1.81. The molecule has 0 spiro atoms. The van der Waals surface area contributed by atoms with Crippen LogP contribution in [0.2, 0.25) is 10.0 Å². The molecule has 0 bridgehead atoms. The molecular formula is C35H39Cl2NO7S3. The molecule has 1 fully saturated rings. The maximum absolute atomic E-state index is 13.0. The lowest BCUT2D eigenvalue weighted by Crippen LogP contribution is -2.43. The molecule has 1 unspecified atom stereocenters. The first kappa shape index (κ1) is 38.2. The Morgan fingerprint density at radius 3 is 2.56 bits per heavy atom. The minimum absolute atomic E-state index is 0.105. The third kappa shape index (κ3) is 9.78. The minimum Gasteiger partial charge on any atom is -0.507 e. The van der Waals surface area contributed by atoms with Crippen molar-refractivity contribution in [1.82, 2.24) is 5.32 Å². The highest BCUT2D eigenvalue weighted by atomic mass is 35.5. The van der Waals surface area contributed by atoms with Crippen LogP contribution in [-0.4, -0.2) is 63.6 Å². The van der Waals surface area contributed by atoms with Gasteiger partial charge in [-0.15, -0.1) is 23.5 Å². The Labute approximate surface area is 303 Å². The number of phenols is 2. The van der Waals surface area contributed by atoms with E-state index in [1.807, 2.05) is 55.6 Å². The van der Waals surface area contributed by atoms with Gasteiger partial charge in [0.2, 0.25) is 5.91 Å².